The van der Waals surface area contributed by atoms with Crippen molar-refractivity contribution in [3.8, 4) is 0 Å². The summed E-state index contributed by atoms with van der Waals surface area (Å²) in [5, 5.41) is 11.9. The van der Waals surface area contributed by atoms with Crippen LogP contribution in [0.5, 0.6) is 0 Å². The van der Waals surface area contributed by atoms with E-state index in [2.05, 4.69) is 5.32 Å². The number of nitrogens with one attached hydrogen (secondary N) is 1. The summed E-state index contributed by atoms with van der Waals surface area (Å²) >= 11 is 0. The number of ether oxygens (including phenoxy) is 1. The molecule has 1 saturated heterocycles. The minimum Gasteiger partial charge on any atom is -0.479 e. The van der Waals surface area contributed by atoms with E-state index in [4.69, 9.17) is 4.74 Å². The van der Waals surface area contributed by atoms with Gasteiger partial charge in [-0.1, -0.05) is 30.3 Å². The van der Waals surface area contributed by atoms with Crippen molar-refractivity contribution < 1.29 is 19.4 Å². The van der Waals surface area contributed by atoms with Crippen LogP contribution in [0.1, 0.15) is 24.8 Å². The summed E-state index contributed by atoms with van der Waals surface area (Å²) in [6.45, 7) is 2.14. The van der Waals surface area contributed by atoms with Gasteiger partial charge in [-0.2, -0.15) is 0 Å². The van der Waals surface area contributed by atoms with Crippen LogP contribution < -0.4 is 5.32 Å². The van der Waals surface area contributed by atoms with Crippen molar-refractivity contribution >= 4 is 11.9 Å². The maximum Gasteiger partial charge on any atom is 0.331 e. The molecule has 1 amide bonds. The van der Waals surface area contributed by atoms with Crippen LogP contribution >= 0.6 is 0 Å². The molecule has 1 aromatic carbocycles. The molecule has 5 heteroatoms. The number of benzene rings is 1. The molecule has 0 radical (unpaired) electrons. The number of aliphatic carboxylic acids is 1. The first-order valence-corrected chi connectivity index (χ1v) is 6.23. The Morgan fingerprint density at radius 1 is 1.37 bits per heavy atom. The van der Waals surface area contributed by atoms with Gasteiger partial charge in [-0.3, -0.25) is 4.79 Å². The molecular formula is C14H17NO4. The predicted molar refractivity (Wildman–Crippen MR) is 68.8 cm³/mol. The van der Waals surface area contributed by atoms with Gasteiger partial charge in [-0.05, 0) is 12.5 Å². The van der Waals surface area contributed by atoms with Crippen LogP contribution in [0.2, 0.25) is 0 Å². The monoisotopic (exact) mass is 263 g/mol. The number of carbonyl (C=O) groups excluding carboxylic acids is 1. The van der Waals surface area contributed by atoms with E-state index in [9.17, 15) is 14.7 Å². The normalized spacial score (nSPS) is 23.8. The van der Waals surface area contributed by atoms with Crippen molar-refractivity contribution in [1.29, 1.82) is 0 Å². The molecule has 0 aromatic heterocycles. The summed E-state index contributed by atoms with van der Waals surface area (Å²) < 4.78 is 5.11. The Morgan fingerprint density at radius 3 is 2.58 bits per heavy atom. The molecule has 0 aliphatic carbocycles. The zero-order chi connectivity index (χ0) is 13.9. The number of amides is 1. The Kier molecular flexibility index (Phi) is 3.85. The molecule has 19 heavy (non-hydrogen) atoms. The fourth-order valence-corrected chi connectivity index (χ4v) is 2.12. The van der Waals surface area contributed by atoms with Crippen LogP contribution in [0.25, 0.3) is 0 Å². The minimum absolute atomic E-state index is 0.0234. The van der Waals surface area contributed by atoms with Crippen molar-refractivity contribution in [3.63, 3.8) is 0 Å². The zero-order valence-electron chi connectivity index (χ0n) is 10.8. The minimum atomic E-state index is -1.28. The van der Waals surface area contributed by atoms with E-state index in [1.165, 1.54) is 0 Å². The van der Waals surface area contributed by atoms with Gasteiger partial charge in [-0.15, -0.1) is 0 Å². The van der Waals surface area contributed by atoms with Gasteiger partial charge in [0, 0.05) is 13.0 Å². The van der Waals surface area contributed by atoms with Gasteiger partial charge in [0.05, 0.1) is 12.5 Å². The fourth-order valence-electron chi connectivity index (χ4n) is 2.12. The highest BCUT2D eigenvalue weighted by molar-refractivity contribution is 5.90. The number of rotatable bonds is 4. The maximum atomic E-state index is 12.2. The highest BCUT2D eigenvalue weighted by Gasteiger charge is 2.44. The fraction of sp³-hybridized carbons (Fsp3) is 0.429. The molecule has 1 aliphatic heterocycles. The van der Waals surface area contributed by atoms with E-state index in [0.29, 0.717) is 13.0 Å². The second kappa shape index (κ2) is 5.40. The standard InChI is InChI=1S/C14H17NO4/c1-10(11-5-3-2-4-6-11)12(16)15-14(13(17)18)7-8-19-9-14/h2-6,10H,7-9H2,1H3,(H,15,16)(H,17,18). The van der Waals surface area contributed by atoms with E-state index >= 15 is 0 Å². The molecule has 102 valence electrons. The van der Waals surface area contributed by atoms with Crippen LogP contribution in [-0.4, -0.2) is 35.7 Å². The maximum absolute atomic E-state index is 12.2. The SMILES string of the molecule is CC(C(=O)NC1(C(=O)O)CCOC1)c1ccccc1. The van der Waals surface area contributed by atoms with Crippen LogP contribution in [0.4, 0.5) is 0 Å². The van der Waals surface area contributed by atoms with Gasteiger partial charge in [0.15, 0.2) is 5.54 Å². The Bertz CT molecular complexity index is 466. The molecule has 2 atom stereocenters. The summed E-state index contributed by atoms with van der Waals surface area (Å²) in [4.78, 5) is 23.5. The quantitative estimate of drug-likeness (QED) is 0.854. The second-order valence-corrected chi connectivity index (χ2v) is 4.81. The molecule has 0 saturated carbocycles. The number of carboxylic acids is 1. The third kappa shape index (κ3) is 2.76. The smallest absolute Gasteiger partial charge is 0.331 e. The first-order chi connectivity index (χ1) is 9.05. The molecule has 2 N–H and O–H groups in total. The zero-order valence-corrected chi connectivity index (χ0v) is 10.8. The van der Waals surface area contributed by atoms with E-state index in [1.807, 2.05) is 30.3 Å². The molecule has 0 bridgehead atoms. The van der Waals surface area contributed by atoms with E-state index < -0.39 is 17.4 Å². The lowest BCUT2D eigenvalue weighted by atomic mass is 9.95. The largest absolute Gasteiger partial charge is 0.479 e. The molecular weight excluding hydrogens is 246 g/mol. The first-order valence-electron chi connectivity index (χ1n) is 6.23. The highest BCUT2D eigenvalue weighted by atomic mass is 16.5. The lowest BCUT2D eigenvalue weighted by molar-refractivity contribution is -0.147. The van der Waals surface area contributed by atoms with E-state index in [-0.39, 0.29) is 12.5 Å². The molecule has 1 fully saturated rings. The number of carboxylic acid groups (broad SMARTS) is 1. The summed E-state index contributed by atoms with van der Waals surface area (Å²) in [5.74, 6) is -1.73. The number of hydrogen-bond acceptors (Lipinski definition) is 3. The van der Waals surface area contributed by atoms with E-state index in [0.717, 1.165) is 5.56 Å². The topological polar surface area (TPSA) is 75.6 Å². The van der Waals surface area contributed by atoms with Gasteiger partial charge in [0.2, 0.25) is 5.91 Å². The highest BCUT2D eigenvalue weighted by Crippen LogP contribution is 2.22. The van der Waals surface area contributed by atoms with Gasteiger partial charge in [-0.25, -0.2) is 4.79 Å². The van der Waals surface area contributed by atoms with Gasteiger partial charge in [0.1, 0.15) is 0 Å². The summed E-state index contributed by atoms with van der Waals surface area (Å²) in [7, 11) is 0. The Labute approximate surface area is 111 Å². The van der Waals surface area contributed by atoms with Gasteiger partial charge >= 0.3 is 5.97 Å². The predicted octanol–water partition coefficient (Wildman–Crippen LogP) is 1.15. The number of carbonyl (C=O) groups is 2. The third-order valence-corrected chi connectivity index (χ3v) is 3.49. The molecule has 1 aliphatic rings. The van der Waals surface area contributed by atoms with Gasteiger partial charge in [0.25, 0.3) is 0 Å². The van der Waals surface area contributed by atoms with Crippen LogP contribution in [-0.2, 0) is 14.3 Å². The first kappa shape index (κ1) is 13.5. The molecule has 1 aromatic rings. The van der Waals surface area contributed by atoms with Crippen molar-refractivity contribution in [2.24, 2.45) is 0 Å². The Morgan fingerprint density at radius 2 is 2.05 bits per heavy atom. The second-order valence-electron chi connectivity index (χ2n) is 4.81. The lowest BCUT2D eigenvalue weighted by Gasteiger charge is -2.25. The van der Waals surface area contributed by atoms with Crippen LogP contribution in [0, 0.1) is 0 Å². The average molecular weight is 263 g/mol. The molecule has 5 nitrogen and oxygen atoms in total. The third-order valence-electron chi connectivity index (χ3n) is 3.49. The van der Waals surface area contributed by atoms with Crippen molar-refractivity contribution in [2.75, 3.05) is 13.2 Å². The van der Waals surface area contributed by atoms with Crippen molar-refractivity contribution in [2.45, 2.75) is 24.8 Å². The Hall–Kier alpha value is -1.88. The van der Waals surface area contributed by atoms with Crippen LogP contribution in [0.3, 0.4) is 0 Å². The molecule has 1 heterocycles. The van der Waals surface area contributed by atoms with Crippen LogP contribution in [0.15, 0.2) is 30.3 Å². The molecule has 0 spiro atoms. The summed E-state index contributed by atoms with van der Waals surface area (Å²) in [6, 6.07) is 9.28. The Balaban J connectivity index is 2.10. The van der Waals surface area contributed by atoms with Gasteiger partial charge < -0.3 is 15.2 Å². The number of hydrogen-bond donors (Lipinski definition) is 2. The lowest BCUT2D eigenvalue weighted by Crippen LogP contribution is -2.56. The summed E-state index contributed by atoms with van der Waals surface area (Å²) in [5.41, 5.74) is -0.417. The van der Waals surface area contributed by atoms with Crippen molar-refractivity contribution in [3.05, 3.63) is 35.9 Å². The van der Waals surface area contributed by atoms with E-state index in [1.54, 1.807) is 6.92 Å². The average Bonchev–Trinajstić information content (AvgIpc) is 2.88. The summed E-state index contributed by atoms with van der Waals surface area (Å²) in [6.07, 6.45) is 0.301. The van der Waals surface area contributed by atoms with Crippen molar-refractivity contribution in [1.82, 2.24) is 5.32 Å². The molecule has 2 unspecified atom stereocenters. The molecule has 2 rings (SSSR count).